The first-order valence-electron chi connectivity index (χ1n) is 5.47. The molecule has 0 radical (unpaired) electrons. The zero-order valence-corrected chi connectivity index (χ0v) is 10.7. The number of carbonyl (C=O) groups excluding carboxylic acids is 1. The number of carbonyl (C=O) groups is 1. The molecule has 20 heavy (non-hydrogen) atoms. The Labute approximate surface area is 117 Å². The third-order valence-corrected chi connectivity index (χ3v) is 2.62. The van der Waals surface area contributed by atoms with Crippen LogP contribution in [0.4, 0.5) is 13.2 Å². The molecule has 1 amide bonds. The molecule has 0 aliphatic carbocycles. The van der Waals surface area contributed by atoms with Crippen molar-refractivity contribution in [1.82, 2.24) is 5.32 Å². The number of halogens is 4. The lowest BCUT2D eigenvalue weighted by molar-refractivity contribution is -0.135. The van der Waals surface area contributed by atoms with Crippen LogP contribution in [0.1, 0.15) is 5.56 Å². The molecule has 8 heteroatoms. The lowest BCUT2D eigenvalue weighted by Crippen LogP contribution is -2.32. The maximum atomic E-state index is 11.9. The molecule has 0 unspecified atom stereocenters. The lowest BCUT2D eigenvalue weighted by atomic mass is 10.2. The molecule has 1 heterocycles. The minimum absolute atomic E-state index is 0.0499. The molecule has 0 atom stereocenters. The number of hydrogen-bond acceptors (Lipinski definition) is 3. The van der Waals surface area contributed by atoms with Crippen LogP contribution in [-0.2, 0) is 4.79 Å². The SMILES string of the molecule is O=C(/C=C/c1cc(Cl)c2c(c1)OCO2)NCC(F)(F)F. The van der Waals surface area contributed by atoms with E-state index in [-0.39, 0.29) is 6.79 Å². The predicted molar refractivity (Wildman–Crippen MR) is 65.7 cm³/mol. The van der Waals surface area contributed by atoms with Crippen molar-refractivity contribution in [2.24, 2.45) is 0 Å². The Balaban J connectivity index is 2.01. The molecule has 1 aromatic rings. The van der Waals surface area contributed by atoms with Crippen LogP contribution in [0.15, 0.2) is 18.2 Å². The van der Waals surface area contributed by atoms with Gasteiger partial charge < -0.3 is 14.8 Å². The fraction of sp³-hybridized carbons (Fsp3) is 0.250. The summed E-state index contributed by atoms with van der Waals surface area (Å²) in [6.07, 6.45) is -2.12. The van der Waals surface area contributed by atoms with E-state index in [1.165, 1.54) is 12.1 Å². The van der Waals surface area contributed by atoms with E-state index in [9.17, 15) is 18.0 Å². The lowest BCUT2D eigenvalue weighted by Gasteiger charge is -2.05. The van der Waals surface area contributed by atoms with Gasteiger partial charge in [-0.05, 0) is 23.8 Å². The van der Waals surface area contributed by atoms with Gasteiger partial charge in [0.15, 0.2) is 11.5 Å². The minimum Gasteiger partial charge on any atom is -0.454 e. The Morgan fingerprint density at radius 2 is 2.15 bits per heavy atom. The van der Waals surface area contributed by atoms with E-state index in [1.54, 1.807) is 11.4 Å². The maximum Gasteiger partial charge on any atom is 0.405 e. The number of alkyl halides is 3. The summed E-state index contributed by atoms with van der Waals surface area (Å²) in [7, 11) is 0. The van der Waals surface area contributed by atoms with Crippen LogP contribution in [0.2, 0.25) is 5.02 Å². The maximum absolute atomic E-state index is 11.9. The van der Waals surface area contributed by atoms with E-state index in [1.807, 2.05) is 0 Å². The van der Waals surface area contributed by atoms with E-state index in [4.69, 9.17) is 21.1 Å². The van der Waals surface area contributed by atoms with Gasteiger partial charge >= 0.3 is 6.18 Å². The number of benzene rings is 1. The third-order valence-electron chi connectivity index (χ3n) is 2.34. The zero-order valence-electron chi connectivity index (χ0n) is 9.96. The van der Waals surface area contributed by atoms with Crippen molar-refractivity contribution in [3.05, 3.63) is 28.8 Å². The normalized spacial score (nSPS) is 13.8. The molecule has 2 rings (SSSR count). The van der Waals surface area contributed by atoms with Gasteiger partial charge in [0.05, 0.1) is 5.02 Å². The number of amides is 1. The Bertz CT molecular complexity index is 558. The number of hydrogen-bond donors (Lipinski definition) is 1. The Morgan fingerprint density at radius 1 is 1.40 bits per heavy atom. The summed E-state index contributed by atoms with van der Waals surface area (Å²) in [6, 6.07) is 3.09. The van der Waals surface area contributed by atoms with Gasteiger partial charge in [-0.25, -0.2) is 0 Å². The largest absolute Gasteiger partial charge is 0.454 e. The first kappa shape index (κ1) is 14.5. The van der Waals surface area contributed by atoms with E-state index in [0.29, 0.717) is 22.1 Å². The second kappa shape index (κ2) is 5.62. The molecule has 1 N–H and O–H groups in total. The van der Waals surface area contributed by atoms with E-state index >= 15 is 0 Å². The summed E-state index contributed by atoms with van der Waals surface area (Å²) in [5.74, 6) is -0.0192. The van der Waals surface area contributed by atoms with Crippen molar-refractivity contribution in [1.29, 1.82) is 0 Å². The van der Waals surface area contributed by atoms with Crippen LogP contribution < -0.4 is 14.8 Å². The summed E-state index contributed by atoms with van der Waals surface area (Å²) < 4.78 is 45.9. The van der Waals surface area contributed by atoms with Gasteiger partial charge in [-0.15, -0.1) is 0 Å². The van der Waals surface area contributed by atoms with Crippen molar-refractivity contribution < 1.29 is 27.4 Å². The first-order valence-corrected chi connectivity index (χ1v) is 5.85. The Hall–Kier alpha value is -1.89. The average Bonchev–Trinajstić information content (AvgIpc) is 2.81. The van der Waals surface area contributed by atoms with Crippen LogP contribution in [0.25, 0.3) is 6.08 Å². The summed E-state index contributed by atoms with van der Waals surface area (Å²) in [5.41, 5.74) is 0.515. The van der Waals surface area contributed by atoms with E-state index in [2.05, 4.69) is 0 Å². The monoisotopic (exact) mass is 307 g/mol. The topological polar surface area (TPSA) is 47.6 Å². The third kappa shape index (κ3) is 3.80. The van der Waals surface area contributed by atoms with Crippen molar-refractivity contribution >= 4 is 23.6 Å². The molecule has 1 aliphatic heterocycles. The molecule has 0 aromatic heterocycles. The van der Waals surface area contributed by atoms with Crippen LogP contribution in [-0.4, -0.2) is 25.4 Å². The number of nitrogens with one attached hydrogen (secondary N) is 1. The molecule has 1 aromatic carbocycles. The molecule has 108 valence electrons. The minimum atomic E-state index is -4.44. The molecule has 0 fully saturated rings. The molecule has 1 aliphatic rings. The van der Waals surface area contributed by atoms with Crippen molar-refractivity contribution in [2.75, 3.05) is 13.3 Å². The highest BCUT2D eigenvalue weighted by molar-refractivity contribution is 6.32. The number of ether oxygens (including phenoxy) is 2. The van der Waals surface area contributed by atoms with Crippen LogP contribution >= 0.6 is 11.6 Å². The summed E-state index contributed by atoms with van der Waals surface area (Å²) in [5, 5.41) is 2.02. The molecular formula is C12H9ClF3NO3. The van der Waals surface area contributed by atoms with Gasteiger partial charge in [-0.1, -0.05) is 11.6 Å². The number of rotatable bonds is 3. The first-order chi connectivity index (χ1) is 9.35. The molecule has 0 spiro atoms. The van der Waals surface area contributed by atoms with Gasteiger partial charge in [0, 0.05) is 6.08 Å². The highest BCUT2D eigenvalue weighted by Gasteiger charge is 2.27. The van der Waals surface area contributed by atoms with Crippen molar-refractivity contribution in [3.8, 4) is 11.5 Å². The average molecular weight is 308 g/mol. The molecule has 0 bridgehead atoms. The highest BCUT2D eigenvalue weighted by Crippen LogP contribution is 2.40. The molecular weight excluding hydrogens is 299 g/mol. The van der Waals surface area contributed by atoms with Gasteiger partial charge in [0.1, 0.15) is 6.54 Å². The van der Waals surface area contributed by atoms with E-state index in [0.717, 1.165) is 6.08 Å². The Morgan fingerprint density at radius 3 is 2.85 bits per heavy atom. The van der Waals surface area contributed by atoms with Gasteiger partial charge in [-0.3, -0.25) is 4.79 Å². The smallest absolute Gasteiger partial charge is 0.405 e. The molecule has 0 saturated heterocycles. The summed E-state index contributed by atoms with van der Waals surface area (Å²) >= 11 is 5.92. The van der Waals surface area contributed by atoms with Gasteiger partial charge in [-0.2, -0.15) is 13.2 Å². The second-order valence-electron chi connectivity index (χ2n) is 3.90. The second-order valence-corrected chi connectivity index (χ2v) is 4.31. The quantitative estimate of drug-likeness (QED) is 0.874. The molecule has 4 nitrogen and oxygen atoms in total. The van der Waals surface area contributed by atoms with Crippen molar-refractivity contribution in [2.45, 2.75) is 6.18 Å². The number of fused-ring (bicyclic) bond motifs is 1. The van der Waals surface area contributed by atoms with Crippen molar-refractivity contribution in [3.63, 3.8) is 0 Å². The highest BCUT2D eigenvalue weighted by atomic mass is 35.5. The summed E-state index contributed by atoms with van der Waals surface area (Å²) in [4.78, 5) is 11.2. The Kier molecular flexibility index (Phi) is 4.08. The summed E-state index contributed by atoms with van der Waals surface area (Å²) in [6.45, 7) is -1.33. The predicted octanol–water partition coefficient (Wildman–Crippen LogP) is 2.76. The standard InChI is InChI=1S/C12H9ClF3NO3/c13-8-3-7(4-9-11(8)20-6-19-9)1-2-10(18)17-5-12(14,15)16/h1-4H,5-6H2,(H,17,18)/b2-1+. The fourth-order valence-electron chi connectivity index (χ4n) is 1.50. The van der Waals surface area contributed by atoms with Crippen LogP contribution in [0.3, 0.4) is 0 Å². The fourth-order valence-corrected chi connectivity index (χ4v) is 1.78. The van der Waals surface area contributed by atoms with E-state index < -0.39 is 18.6 Å². The zero-order chi connectivity index (χ0) is 14.8. The van der Waals surface area contributed by atoms with Crippen LogP contribution in [0, 0.1) is 0 Å². The van der Waals surface area contributed by atoms with Crippen LogP contribution in [0.5, 0.6) is 11.5 Å². The molecule has 0 saturated carbocycles. The van der Waals surface area contributed by atoms with Gasteiger partial charge in [0.25, 0.3) is 0 Å². The van der Waals surface area contributed by atoms with Gasteiger partial charge in [0.2, 0.25) is 12.7 Å².